The summed E-state index contributed by atoms with van der Waals surface area (Å²) >= 11 is 0. The maximum absolute atomic E-state index is 9.59. The van der Waals surface area contributed by atoms with Crippen LogP contribution in [0.5, 0.6) is 0 Å². The summed E-state index contributed by atoms with van der Waals surface area (Å²) in [5, 5.41) is 9.59. The van der Waals surface area contributed by atoms with Gasteiger partial charge in [0.05, 0.1) is 12.0 Å². The van der Waals surface area contributed by atoms with E-state index >= 15 is 0 Å². The standard InChI is InChI=1S/C21H31N/c1-16(2)21-13-12-18(4)10-6-8-17(3)9-7-11-19(5)14-20(21)15-22/h8,11-13,16,20H,6-7,9-10,14H2,1-5H3/b17-8+,18-12+,19-11+,21-13+. The second-order valence-electron chi connectivity index (χ2n) is 6.90. The van der Waals surface area contributed by atoms with Crippen LogP contribution in [0.1, 0.15) is 66.7 Å². The van der Waals surface area contributed by atoms with Gasteiger partial charge in [0.1, 0.15) is 0 Å². The van der Waals surface area contributed by atoms with E-state index in [0.717, 1.165) is 32.1 Å². The fourth-order valence-electron chi connectivity index (χ4n) is 2.87. The van der Waals surface area contributed by atoms with E-state index < -0.39 is 0 Å². The zero-order valence-electron chi connectivity index (χ0n) is 14.9. The molecule has 0 fully saturated rings. The van der Waals surface area contributed by atoms with Crippen molar-refractivity contribution in [3.63, 3.8) is 0 Å². The van der Waals surface area contributed by atoms with Crippen molar-refractivity contribution in [2.45, 2.75) is 66.7 Å². The molecule has 0 spiro atoms. The molecular formula is C21H31N. The highest BCUT2D eigenvalue weighted by atomic mass is 14.3. The first-order valence-corrected chi connectivity index (χ1v) is 8.52. The van der Waals surface area contributed by atoms with Gasteiger partial charge >= 0.3 is 0 Å². The second kappa shape index (κ2) is 9.46. The summed E-state index contributed by atoms with van der Waals surface area (Å²) in [5.41, 5.74) is 5.47. The van der Waals surface area contributed by atoms with E-state index in [-0.39, 0.29) is 5.92 Å². The van der Waals surface area contributed by atoms with Crippen LogP contribution >= 0.6 is 0 Å². The van der Waals surface area contributed by atoms with Crippen LogP contribution in [0.3, 0.4) is 0 Å². The molecule has 1 nitrogen and oxygen atoms in total. The van der Waals surface area contributed by atoms with Crippen molar-refractivity contribution < 1.29 is 0 Å². The lowest BCUT2D eigenvalue weighted by molar-refractivity contribution is 0.629. The van der Waals surface area contributed by atoms with Gasteiger partial charge in [-0.05, 0) is 58.8 Å². The van der Waals surface area contributed by atoms with Crippen LogP contribution in [0, 0.1) is 23.2 Å². The summed E-state index contributed by atoms with van der Waals surface area (Å²) in [5.74, 6) is 0.413. The highest BCUT2D eigenvalue weighted by Gasteiger charge is 2.16. The molecule has 120 valence electrons. The lowest BCUT2D eigenvalue weighted by Gasteiger charge is -2.18. The first kappa shape index (κ1) is 18.5. The Morgan fingerprint density at radius 3 is 2.14 bits per heavy atom. The third-order valence-corrected chi connectivity index (χ3v) is 4.37. The minimum atomic E-state index is -0.000111. The van der Waals surface area contributed by atoms with Gasteiger partial charge in [-0.3, -0.25) is 0 Å². The van der Waals surface area contributed by atoms with Crippen molar-refractivity contribution in [2.24, 2.45) is 11.8 Å². The SMILES string of the molecule is C/C1=C\C=C(/C(C)C)C(C#N)C/C(C)=C/CC/C(C)=C/CC1. The third-order valence-electron chi connectivity index (χ3n) is 4.37. The van der Waals surface area contributed by atoms with E-state index in [9.17, 15) is 5.26 Å². The van der Waals surface area contributed by atoms with E-state index in [1.165, 1.54) is 22.3 Å². The van der Waals surface area contributed by atoms with Gasteiger partial charge in [-0.15, -0.1) is 0 Å². The second-order valence-corrected chi connectivity index (χ2v) is 6.90. The van der Waals surface area contributed by atoms with Crippen LogP contribution in [0.4, 0.5) is 0 Å². The summed E-state index contributed by atoms with van der Waals surface area (Å²) in [4.78, 5) is 0. The highest BCUT2D eigenvalue weighted by molar-refractivity contribution is 5.26. The zero-order valence-corrected chi connectivity index (χ0v) is 14.9. The van der Waals surface area contributed by atoms with E-state index in [1.807, 2.05) is 0 Å². The molecule has 0 aliphatic heterocycles. The predicted molar refractivity (Wildman–Crippen MR) is 96.4 cm³/mol. The molecule has 1 aliphatic rings. The molecule has 1 heteroatoms. The summed E-state index contributed by atoms with van der Waals surface area (Å²) in [6.45, 7) is 11.0. The molecule has 0 bridgehead atoms. The van der Waals surface area contributed by atoms with Crippen LogP contribution in [-0.2, 0) is 0 Å². The Hall–Kier alpha value is -1.55. The first-order valence-electron chi connectivity index (χ1n) is 8.52. The summed E-state index contributed by atoms with van der Waals surface area (Å²) in [7, 11) is 0. The molecule has 0 saturated carbocycles. The Morgan fingerprint density at radius 2 is 1.55 bits per heavy atom. The Bertz CT molecular complexity index is 521. The van der Waals surface area contributed by atoms with Crippen molar-refractivity contribution in [1.82, 2.24) is 0 Å². The molecule has 0 aromatic carbocycles. The van der Waals surface area contributed by atoms with Crippen molar-refractivity contribution in [3.8, 4) is 6.07 Å². The topological polar surface area (TPSA) is 23.8 Å². The molecule has 0 N–H and O–H groups in total. The van der Waals surface area contributed by atoms with Crippen molar-refractivity contribution in [1.29, 1.82) is 5.26 Å². The average molecular weight is 297 g/mol. The lowest BCUT2D eigenvalue weighted by atomic mass is 9.85. The molecule has 0 amide bonds. The molecule has 0 saturated heterocycles. The van der Waals surface area contributed by atoms with Crippen LogP contribution in [0.2, 0.25) is 0 Å². The lowest BCUT2D eigenvalue weighted by Crippen LogP contribution is -2.08. The molecule has 1 unspecified atom stereocenters. The van der Waals surface area contributed by atoms with Crippen molar-refractivity contribution in [2.75, 3.05) is 0 Å². The van der Waals surface area contributed by atoms with E-state index in [0.29, 0.717) is 5.92 Å². The van der Waals surface area contributed by atoms with E-state index in [2.05, 4.69) is 65.0 Å². The van der Waals surface area contributed by atoms with Gasteiger partial charge in [0.25, 0.3) is 0 Å². The van der Waals surface area contributed by atoms with Crippen LogP contribution in [-0.4, -0.2) is 0 Å². The number of hydrogen-bond acceptors (Lipinski definition) is 1. The summed E-state index contributed by atoms with van der Waals surface area (Å²) in [6.07, 6.45) is 14.4. The quantitative estimate of drug-likeness (QED) is 0.506. The van der Waals surface area contributed by atoms with Crippen LogP contribution < -0.4 is 0 Å². The van der Waals surface area contributed by atoms with Gasteiger partial charge in [0, 0.05) is 0 Å². The molecule has 1 rings (SSSR count). The number of rotatable bonds is 1. The summed E-state index contributed by atoms with van der Waals surface area (Å²) < 4.78 is 0. The molecule has 0 radical (unpaired) electrons. The molecule has 0 aromatic heterocycles. The minimum Gasteiger partial charge on any atom is -0.198 e. The van der Waals surface area contributed by atoms with Gasteiger partial charge in [-0.1, -0.05) is 60.4 Å². The average Bonchev–Trinajstić information content (AvgIpc) is 2.45. The molecule has 0 heterocycles. The van der Waals surface area contributed by atoms with Gasteiger partial charge in [-0.25, -0.2) is 0 Å². The Morgan fingerprint density at radius 1 is 0.955 bits per heavy atom. The monoisotopic (exact) mass is 297 g/mol. The molecule has 1 aliphatic carbocycles. The van der Waals surface area contributed by atoms with Crippen molar-refractivity contribution in [3.05, 3.63) is 46.6 Å². The van der Waals surface area contributed by atoms with Crippen molar-refractivity contribution >= 4 is 0 Å². The normalized spacial score (nSPS) is 31.4. The number of hydrogen-bond donors (Lipinski definition) is 0. The van der Waals surface area contributed by atoms with Gasteiger partial charge in [0.15, 0.2) is 0 Å². The molecule has 1 atom stereocenters. The van der Waals surface area contributed by atoms with Crippen LogP contribution in [0.25, 0.3) is 0 Å². The van der Waals surface area contributed by atoms with Gasteiger partial charge in [-0.2, -0.15) is 5.26 Å². The first-order chi connectivity index (χ1) is 10.4. The zero-order chi connectivity index (χ0) is 16.5. The Kier molecular flexibility index (Phi) is 7.96. The molecule has 22 heavy (non-hydrogen) atoms. The molecular weight excluding hydrogens is 266 g/mol. The van der Waals surface area contributed by atoms with E-state index in [1.54, 1.807) is 0 Å². The minimum absolute atomic E-state index is 0.000111. The largest absolute Gasteiger partial charge is 0.198 e. The van der Waals surface area contributed by atoms with Crippen LogP contribution in [0.15, 0.2) is 46.6 Å². The fourth-order valence-corrected chi connectivity index (χ4v) is 2.87. The fraction of sp³-hybridized carbons (Fsp3) is 0.571. The maximum Gasteiger partial charge on any atom is 0.0715 e. The maximum atomic E-state index is 9.59. The Balaban J connectivity index is 3.11. The number of nitrogens with zero attached hydrogens (tertiary/aromatic N) is 1. The van der Waals surface area contributed by atoms with Gasteiger partial charge in [0.2, 0.25) is 0 Å². The smallest absolute Gasteiger partial charge is 0.0715 e. The summed E-state index contributed by atoms with van der Waals surface area (Å²) in [6, 6.07) is 2.52. The van der Waals surface area contributed by atoms with E-state index in [4.69, 9.17) is 0 Å². The predicted octanol–water partition coefficient (Wildman–Crippen LogP) is 6.51. The van der Waals surface area contributed by atoms with Gasteiger partial charge < -0.3 is 0 Å². The number of nitriles is 1. The third kappa shape index (κ3) is 6.48. The molecule has 0 aromatic rings. The number of allylic oxidation sites excluding steroid dienone is 8. The highest BCUT2D eigenvalue weighted by Crippen LogP contribution is 2.27. The Labute approximate surface area is 137 Å².